The van der Waals surface area contributed by atoms with Crippen LogP contribution in [0.2, 0.25) is 0 Å². The quantitative estimate of drug-likeness (QED) is 0.761. The Labute approximate surface area is 143 Å². The molecule has 0 aromatic heterocycles. The maximum atomic E-state index is 12.3. The number of anilines is 1. The molecule has 1 N–H and O–H groups in total. The fourth-order valence-corrected chi connectivity index (χ4v) is 3.04. The average molecular weight is 327 g/mol. The van der Waals surface area contributed by atoms with Crippen LogP contribution in [0.15, 0.2) is 53.4 Å². The highest BCUT2D eigenvalue weighted by molar-refractivity contribution is 8.00. The third-order valence-electron chi connectivity index (χ3n) is 3.72. The molecule has 2 aromatic carbocycles. The lowest BCUT2D eigenvalue weighted by atomic mass is 9.87. The molecule has 0 radical (unpaired) electrons. The van der Waals surface area contributed by atoms with E-state index in [1.54, 1.807) is 11.8 Å². The summed E-state index contributed by atoms with van der Waals surface area (Å²) in [5.74, 6) is 0.0269. The van der Waals surface area contributed by atoms with Crippen LogP contribution in [0, 0.1) is 6.92 Å². The smallest absolute Gasteiger partial charge is 0.237 e. The Morgan fingerprint density at radius 1 is 1.00 bits per heavy atom. The van der Waals surface area contributed by atoms with Crippen LogP contribution in [0.5, 0.6) is 0 Å². The van der Waals surface area contributed by atoms with E-state index in [2.05, 4.69) is 69.4 Å². The van der Waals surface area contributed by atoms with Gasteiger partial charge in [0.2, 0.25) is 5.91 Å². The van der Waals surface area contributed by atoms with Gasteiger partial charge in [-0.3, -0.25) is 4.79 Å². The largest absolute Gasteiger partial charge is 0.325 e. The van der Waals surface area contributed by atoms with Crippen LogP contribution in [0.1, 0.15) is 38.8 Å². The summed E-state index contributed by atoms with van der Waals surface area (Å²) >= 11 is 1.57. The van der Waals surface area contributed by atoms with Crippen LogP contribution in [0.25, 0.3) is 0 Å². The van der Waals surface area contributed by atoms with Gasteiger partial charge in [-0.2, -0.15) is 0 Å². The summed E-state index contributed by atoms with van der Waals surface area (Å²) in [5, 5.41) is 2.85. The van der Waals surface area contributed by atoms with E-state index in [9.17, 15) is 4.79 Å². The van der Waals surface area contributed by atoms with E-state index < -0.39 is 0 Å². The summed E-state index contributed by atoms with van der Waals surface area (Å²) in [6.07, 6.45) is 0. The highest BCUT2D eigenvalue weighted by atomic mass is 32.2. The van der Waals surface area contributed by atoms with Gasteiger partial charge in [0.15, 0.2) is 0 Å². The minimum atomic E-state index is -0.139. The second-order valence-corrected chi connectivity index (χ2v) is 8.30. The van der Waals surface area contributed by atoms with Crippen molar-refractivity contribution < 1.29 is 4.79 Å². The van der Waals surface area contributed by atoms with Gasteiger partial charge in [-0.25, -0.2) is 0 Å². The second kappa shape index (κ2) is 7.22. The molecule has 0 fully saturated rings. The van der Waals surface area contributed by atoms with Crippen LogP contribution < -0.4 is 5.32 Å². The highest BCUT2D eigenvalue weighted by Crippen LogP contribution is 2.26. The van der Waals surface area contributed by atoms with Crippen molar-refractivity contribution in [2.24, 2.45) is 0 Å². The van der Waals surface area contributed by atoms with Crippen LogP contribution in [0.3, 0.4) is 0 Å². The van der Waals surface area contributed by atoms with Crippen molar-refractivity contribution in [3.05, 3.63) is 59.7 Å². The van der Waals surface area contributed by atoms with Crippen LogP contribution in [-0.4, -0.2) is 11.2 Å². The predicted molar refractivity (Wildman–Crippen MR) is 100 cm³/mol. The topological polar surface area (TPSA) is 29.1 Å². The molecule has 2 aromatic rings. The first-order valence-corrected chi connectivity index (χ1v) is 8.78. The Hall–Kier alpha value is -1.74. The Morgan fingerprint density at radius 3 is 2.09 bits per heavy atom. The summed E-state index contributed by atoms with van der Waals surface area (Å²) in [6, 6.07) is 16.4. The molecule has 2 rings (SSSR count). The van der Waals surface area contributed by atoms with Crippen molar-refractivity contribution in [2.45, 2.75) is 50.2 Å². The maximum absolute atomic E-state index is 12.3. The Kier molecular flexibility index (Phi) is 5.53. The first-order chi connectivity index (χ1) is 10.8. The third kappa shape index (κ3) is 5.14. The zero-order valence-corrected chi connectivity index (χ0v) is 15.3. The van der Waals surface area contributed by atoms with Crippen molar-refractivity contribution in [1.29, 1.82) is 0 Å². The maximum Gasteiger partial charge on any atom is 0.237 e. The molecule has 0 aliphatic rings. The van der Waals surface area contributed by atoms with E-state index in [1.807, 2.05) is 19.1 Å². The van der Waals surface area contributed by atoms with Crippen molar-refractivity contribution in [3.8, 4) is 0 Å². The van der Waals surface area contributed by atoms with Crippen LogP contribution >= 0.6 is 11.8 Å². The molecule has 0 spiro atoms. The summed E-state index contributed by atoms with van der Waals surface area (Å²) in [5.41, 5.74) is 3.46. The molecule has 1 amide bonds. The Balaban J connectivity index is 1.96. The van der Waals surface area contributed by atoms with Gasteiger partial charge in [-0.1, -0.05) is 50.6 Å². The van der Waals surface area contributed by atoms with Crippen molar-refractivity contribution in [3.63, 3.8) is 0 Å². The number of benzene rings is 2. The molecule has 0 heterocycles. The highest BCUT2D eigenvalue weighted by Gasteiger charge is 2.16. The fraction of sp³-hybridized carbons (Fsp3) is 0.350. The van der Waals surface area contributed by atoms with Crippen LogP contribution in [-0.2, 0) is 10.2 Å². The van der Waals surface area contributed by atoms with E-state index in [0.717, 1.165) is 10.6 Å². The van der Waals surface area contributed by atoms with Crippen molar-refractivity contribution >= 4 is 23.4 Å². The molecule has 0 unspecified atom stereocenters. The molecular weight excluding hydrogens is 302 g/mol. The molecule has 0 aliphatic heterocycles. The van der Waals surface area contributed by atoms with E-state index in [-0.39, 0.29) is 16.6 Å². The molecule has 23 heavy (non-hydrogen) atoms. The van der Waals surface area contributed by atoms with E-state index >= 15 is 0 Å². The van der Waals surface area contributed by atoms with E-state index in [1.165, 1.54) is 11.1 Å². The van der Waals surface area contributed by atoms with Gasteiger partial charge in [0.25, 0.3) is 0 Å². The summed E-state index contributed by atoms with van der Waals surface area (Å²) in [7, 11) is 0. The van der Waals surface area contributed by atoms with Gasteiger partial charge >= 0.3 is 0 Å². The lowest BCUT2D eigenvalue weighted by Gasteiger charge is -2.19. The van der Waals surface area contributed by atoms with Gasteiger partial charge in [0.1, 0.15) is 0 Å². The molecule has 0 saturated carbocycles. The molecule has 122 valence electrons. The number of carbonyl (C=O) groups excluding carboxylic acids is 1. The molecule has 1 atom stereocenters. The van der Waals surface area contributed by atoms with Gasteiger partial charge in [-0.05, 0) is 49.1 Å². The summed E-state index contributed by atoms with van der Waals surface area (Å²) in [4.78, 5) is 13.4. The number of amides is 1. The summed E-state index contributed by atoms with van der Waals surface area (Å²) < 4.78 is 0. The number of thioether (sulfide) groups is 1. The normalized spacial score (nSPS) is 12.7. The van der Waals surface area contributed by atoms with Crippen molar-refractivity contribution in [2.75, 3.05) is 5.32 Å². The fourth-order valence-electron chi connectivity index (χ4n) is 2.17. The van der Waals surface area contributed by atoms with Gasteiger partial charge in [0.05, 0.1) is 5.25 Å². The summed E-state index contributed by atoms with van der Waals surface area (Å²) in [6.45, 7) is 10.5. The number of aryl methyl sites for hydroxylation is 1. The second-order valence-electron chi connectivity index (χ2n) is 6.89. The number of carbonyl (C=O) groups is 1. The molecular formula is C20H25NOS. The van der Waals surface area contributed by atoms with Crippen LogP contribution in [0.4, 0.5) is 5.69 Å². The molecule has 0 bridgehead atoms. The molecule has 3 heteroatoms. The zero-order chi connectivity index (χ0) is 17.0. The predicted octanol–water partition coefficient (Wildman–Crippen LogP) is 5.41. The van der Waals surface area contributed by atoms with Crippen molar-refractivity contribution in [1.82, 2.24) is 0 Å². The standard InChI is InChI=1S/C20H25NOS/c1-14-6-12-18(13-7-14)23-15(2)19(22)21-17-10-8-16(9-11-17)20(3,4)5/h6-13,15H,1-5H3,(H,21,22)/t15-/m1/s1. The monoisotopic (exact) mass is 327 g/mol. The molecule has 0 aliphatic carbocycles. The number of nitrogens with one attached hydrogen (secondary N) is 1. The lowest BCUT2D eigenvalue weighted by molar-refractivity contribution is -0.115. The number of rotatable bonds is 4. The zero-order valence-electron chi connectivity index (χ0n) is 14.5. The average Bonchev–Trinajstić information content (AvgIpc) is 2.49. The third-order valence-corrected chi connectivity index (χ3v) is 4.83. The Bertz CT molecular complexity index is 654. The lowest BCUT2D eigenvalue weighted by Crippen LogP contribution is -2.22. The first-order valence-electron chi connectivity index (χ1n) is 7.90. The van der Waals surface area contributed by atoms with Gasteiger partial charge in [0, 0.05) is 10.6 Å². The minimum absolute atomic E-state index is 0.0269. The number of hydrogen-bond donors (Lipinski definition) is 1. The van der Waals surface area contributed by atoms with E-state index in [4.69, 9.17) is 0 Å². The Morgan fingerprint density at radius 2 is 1.57 bits per heavy atom. The minimum Gasteiger partial charge on any atom is -0.325 e. The number of hydrogen-bond acceptors (Lipinski definition) is 2. The molecule has 2 nitrogen and oxygen atoms in total. The van der Waals surface area contributed by atoms with E-state index in [0.29, 0.717) is 0 Å². The van der Waals surface area contributed by atoms with Gasteiger partial charge < -0.3 is 5.32 Å². The SMILES string of the molecule is Cc1ccc(S[C@H](C)C(=O)Nc2ccc(C(C)(C)C)cc2)cc1. The molecule has 0 saturated heterocycles. The van der Waals surface area contributed by atoms with Gasteiger partial charge in [-0.15, -0.1) is 11.8 Å². The first kappa shape index (κ1) is 17.6.